The molecular weight excluding hydrogens is 324 g/mol. The van der Waals surface area contributed by atoms with Gasteiger partial charge in [-0.2, -0.15) is 0 Å². The van der Waals surface area contributed by atoms with E-state index in [2.05, 4.69) is 10.2 Å². The van der Waals surface area contributed by atoms with Crippen molar-refractivity contribution in [1.82, 2.24) is 0 Å². The van der Waals surface area contributed by atoms with Crippen molar-refractivity contribution < 1.29 is 9.53 Å². The number of hydrogen-bond acceptors (Lipinski definition) is 3. The lowest BCUT2D eigenvalue weighted by atomic mass is 10.2. The normalized spacial score (nSPS) is 13.8. The van der Waals surface area contributed by atoms with Crippen molar-refractivity contribution in [1.29, 1.82) is 0 Å². The first kappa shape index (κ1) is 16.7. The van der Waals surface area contributed by atoms with E-state index in [4.69, 9.17) is 16.3 Å². The van der Waals surface area contributed by atoms with Gasteiger partial charge in [0.15, 0.2) is 6.61 Å². The summed E-state index contributed by atoms with van der Waals surface area (Å²) in [7, 11) is 0. The zero-order valence-electron chi connectivity index (χ0n) is 13.7. The summed E-state index contributed by atoms with van der Waals surface area (Å²) >= 11 is 5.93. The maximum atomic E-state index is 12.3. The molecule has 1 saturated heterocycles. The van der Waals surface area contributed by atoms with Crippen LogP contribution in [0, 0.1) is 6.92 Å². The van der Waals surface area contributed by atoms with Crippen LogP contribution in [0.15, 0.2) is 42.5 Å². The molecule has 1 fully saturated rings. The lowest BCUT2D eigenvalue weighted by molar-refractivity contribution is -0.118. The van der Waals surface area contributed by atoms with E-state index >= 15 is 0 Å². The molecule has 1 N–H and O–H groups in total. The highest BCUT2D eigenvalue weighted by Crippen LogP contribution is 2.28. The molecule has 0 bridgehead atoms. The van der Waals surface area contributed by atoms with Crippen molar-refractivity contribution in [2.75, 3.05) is 29.9 Å². The summed E-state index contributed by atoms with van der Waals surface area (Å²) in [5.41, 5.74) is 2.82. The molecule has 5 heteroatoms. The summed E-state index contributed by atoms with van der Waals surface area (Å²) in [4.78, 5) is 14.6. The molecule has 1 heterocycles. The third-order valence-electron chi connectivity index (χ3n) is 4.12. The van der Waals surface area contributed by atoms with Gasteiger partial charge < -0.3 is 15.0 Å². The predicted octanol–water partition coefficient (Wildman–Crippen LogP) is 4.27. The van der Waals surface area contributed by atoms with E-state index in [1.807, 2.05) is 37.3 Å². The third kappa shape index (κ3) is 4.01. The van der Waals surface area contributed by atoms with Crippen LogP contribution in [0.3, 0.4) is 0 Å². The van der Waals surface area contributed by atoms with Gasteiger partial charge in [-0.1, -0.05) is 23.7 Å². The van der Waals surface area contributed by atoms with Gasteiger partial charge in [0.05, 0.1) is 11.4 Å². The number of ether oxygens (including phenoxy) is 1. The van der Waals surface area contributed by atoms with Crippen LogP contribution in [0.25, 0.3) is 0 Å². The average molecular weight is 345 g/mol. The fraction of sp³-hybridized carbons (Fsp3) is 0.316. The second kappa shape index (κ2) is 7.58. The Kier molecular flexibility index (Phi) is 5.26. The van der Waals surface area contributed by atoms with E-state index < -0.39 is 0 Å². The summed E-state index contributed by atoms with van der Waals surface area (Å²) in [6.07, 6.45) is 2.39. The Labute approximate surface area is 147 Å². The Morgan fingerprint density at radius 1 is 1.21 bits per heavy atom. The fourth-order valence-electron chi connectivity index (χ4n) is 2.92. The number of carbonyl (C=O) groups excluding carboxylic acids is 1. The Morgan fingerprint density at radius 2 is 1.96 bits per heavy atom. The minimum Gasteiger partial charge on any atom is -0.483 e. The van der Waals surface area contributed by atoms with E-state index in [0.29, 0.717) is 10.8 Å². The van der Waals surface area contributed by atoms with Gasteiger partial charge in [0.1, 0.15) is 5.75 Å². The zero-order valence-corrected chi connectivity index (χ0v) is 14.5. The maximum absolute atomic E-state index is 12.3. The van der Waals surface area contributed by atoms with Crippen LogP contribution in [0.5, 0.6) is 5.75 Å². The van der Waals surface area contributed by atoms with Crippen LogP contribution < -0.4 is 15.0 Å². The van der Waals surface area contributed by atoms with Crippen molar-refractivity contribution in [2.45, 2.75) is 19.8 Å². The number of carbonyl (C=O) groups is 1. The molecule has 2 aromatic rings. The van der Waals surface area contributed by atoms with Crippen LogP contribution in [-0.4, -0.2) is 25.6 Å². The summed E-state index contributed by atoms with van der Waals surface area (Å²) in [6.45, 7) is 3.94. The second-order valence-electron chi connectivity index (χ2n) is 5.96. The number of rotatable bonds is 5. The topological polar surface area (TPSA) is 41.6 Å². The number of para-hydroxylation sites is 2. The monoisotopic (exact) mass is 344 g/mol. The number of benzene rings is 2. The van der Waals surface area contributed by atoms with E-state index in [9.17, 15) is 4.79 Å². The minimum absolute atomic E-state index is 0.0309. The first-order valence-corrected chi connectivity index (χ1v) is 8.54. The molecule has 0 aromatic heterocycles. The highest BCUT2D eigenvalue weighted by Gasteiger charge is 2.16. The van der Waals surface area contributed by atoms with E-state index in [1.54, 1.807) is 12.1 Å². The van der Waals surface area contributed by atoms with Crippen molar-refractivity contribution >= 4 is 28.9 Å². The van der Waals surface area contributed by atoms with E-state index in [-0.39, 0.29) is 12.5 Å². The number of hydrogen-bond donors (Lipinski definition) is 1. The number of amides is 1. The molecule has 1 aliphatic rings. The summed E-state index contributed by atoms with van der Waals surface area (Å²) in [5, 5.41) is 3.61. The molecule has 3 rings (SSSR count). The summed E-state index contributed by atoms with van der Waals surface area (Å²) in [6, 6.07) is 13.3. The smallest absolute Gasteiger partial charge is 0.262 e. The van der Waals surface area contributed by atoms with Crippen molar-refractivity contribution in [3.8, 4) is 5.75 Å². The first-order valence-electron chi connectivity index (χ1n) is 8.16. The molecule has 0 spiro atoms. The highest BCUT2D eigenvalue weighted by molar-refractivity contribution is 6.30. The highest BCUT2D eigenvalue weighted by atomic mass is 35.5. The first-order chi connectivity index (χ1) is 11.6. The van der Waals surface area contributed by atoms with E-state index in [1.165, 1.54) is 12.8 Å². The van der Waals surface area contributed by atoms with Gasteiger partial charge in [0.2, 0.25) is 0 Å². The molecule has 0 saturated carbocycles. The van der Waals surface area contributed by atoms with Crippen LogP contribution in [0.1, 0.15) is 18.4 Å². The quantitative estimate of drug-likeness (QED) is 0.880. The van der Waals surface area contributed by atoms with Crippen LogP contribution in [-0.2, 0) is 4.79 Å². The number of nitrogens with zero attached hydrogens (tertiary/aromatic N) is 1. The molecule has 0 unspecified atom stereocenters. The van der Waals surface area contributed by atoms with Gasteiger partial charge in [-0.05, 0) is 55.7 Å². The second-order valence-corrected chi connectivity index (χ2v) is 6.39. The molecule has 2 aromatic carbocycles. The zero-order chi connectivity index (χ0) is 16.9. The van der Waals surface area contributed by atoms with Gasteiger partial charge >= 0.3 is 0 Å². The Morgan fingerprint density at radius 3 is 2.71 bits per heavy atom. The van der Waals surface area contributed by atoms with E-state index in [0.717, 1.165) is 30.0 Å². The van der Waals surface area contributed by atoms with Crippen LogP contribution in [0.4, 0.5) is 11.4 Å². The van der Waals surface area contributed by atoms with Gasteiger partial charge in [0, 0.05) is 18.1 Å². The van der Waals surface area contributed by atoms with Gasteiger partial charge in [0.25, 0.3) is 5.91 Å². The molecule has 1 amide bonds. The lowest BCUT2D eigenvalue weighted by Crippen LogP contribution is -2.24. The van der Waals surface area contributed by atoms with Crippen LogP contribution in [0.2, 0.25) is 5.02 Å². The SMILES string of the molecule is Cc1cc(Cl)ccc1OCC(=O)Nc1ccccc1N1CCCC1. The predicted molar refractivity (Wildman–Crippen MR) is 98.2 cm³/mol. The standard InChI is InChI=1S/C19H21ClN2O2/c1-14-12-15(20)8-9-18(14)24-13-19(23)21-16-6-2-3-7-17(16)22-10-4-5-11-22/h2-3,6-9,12H,4-5,10-11,13H2,1H3,(H,21,23). The Bertz CT molecular complexity index is 727. The Balaban J connectivity index is 1.63. The number of nitrogens with one attached hydrogen (secondary N) is 1. The fourth-order valence-corrected chi connectivity index (χ4v) is 3.14. The van der Waals surface area contributed by atoms with Crippen molar-refractivity contribution in [3.63, 3.8) is 0 Å². The van der Waals surface area contributed by atoms with Gasteiger partial charge in [-0.15, -0.1) is 0 Å². The summed E-state index contributed by atoms with van der Waals surface area (Å²) in [5.74, 6) is 0.498. The van der Waals surface area contributed by atoms with Crippen molar-refractivity contribution in [2.24, 2.45) is 0 Å². The lowest BCUT2D eigenvalue weighted by Gasteiger charge is -2.21. The molecule has 0 radical (unpaired) electrons. The molecule has 126 valence electrons. The molecule has 4 nitrogen and oxygen atoms in total. The molecule has 1 aliphatic heterocycles. The van der Waals surface area contributed by atoms with Crippen LogP contribution >= 0.6 is 11.6 Å². The number of anilines is 2. The molecule has 0 aliphatic carbocycles. The van der Waals surface area contributed by atoms with Crippen molar-refractivity contribution in [3.05, 3.63) is 53.1 Å². The average Bonchev–Trinajstić information content (AvgIpc) is 3.09. The largest absolute Gasteiger partial charge is 0.483 e. The number of halogens is 1. The third-order valence-corrected chi connectivity index (χ3v) is 4.36. The minimum atomic E-state index is -0.170. The van der Waals surface area contributed by atoms with Gasteiger partial charge in [-0.3, -0.25) is 4.79 Å². The molecule has 0 atom stereocenters. The molecule has 24 heavy (non-hydrogen) atoms. The maximum Gasteiger partial charge on any atom is 0.262 e. The molecular formula is C19H21ClN2O2. The van der Waals surface area contributed by atoms with Gasteiger partial charge in [-0.25, -0.2) is 0 Å². The summed E-state index contributed by atoms with van der Waals surface area (Å²) < 4.78 is 5.61. The number of aryl methyl sites for hydroxylation is 1. The Hall–Kier alpha value is -2.20.